The average molecular weight is 346 g/mol. The number of nitrogens with zero attached hydrogens (tertiary/aromatic N) is 4. The summed E-state index contributed by atoms with van der Waals surface area (Å²) in [5.74, 6) is 0.890. The number of anilines is 3. The first-order valence-electron chi connectivity index (χ1n) is 8.90. The molecule has 4 rings (SSSR count). The van der Waals surface area contributed by atoms with Crippen LogP contribution in [-0.2, 0) is 6.54 Å². The molecule has 3 heterocycles. The van der Waals surface area contributed by atoms with Gasteiger partial charge in [-0.1, -0.05) is 24.3 Å². The standard InChI is InChI=1S/C20H22N6/c21-19-17(13-23-20(25-19)24-16-6-2-1-3-7-16)18-9-8-15(12-22-18)14-26-10-4-5-11-26/h1-3,6-9,12-13H,4-5,10-11,14H2,(H3,21,23,24,25). The van der Waals surface area contributed by atoms with Gasteiger partial charge in [0, 0.05) is 24.6 Å². The van der Waals surface area contributed by atoms with Crippen molar-refractivity contribution in [1.29, 1.82) is 0 Å². The van der Waals surface area contributed by atoms with Gasteiger partial charge < -0.3 is 11.1 Å². The molecule has 6 heteroatoms. The van der Waals surface area contributed by atoms with Gasteiger partial charge >= 0.3 is 0 Å². The van der Waals surface area contributed by atoms with Crippen LogP contribution >= 0.6 is 0 Å². The third-order valence-electron chi connectivity index (χ3n) is 4.55. The van der Waals surface area contributed by atoms with E-state index in [-0.39, 0.29) is 0 Å². The van der Waals surface area contributed by atoms with Crippen LogP contribution < -0.4 is 11.1 Å². The Morgan fingerprint density at radius 1 is 0.962 bits per heavy atom. The molecule has 0 spiro atoms. The molecule has 3 N–H and O–H groups in total. The summed E-state index contributed by atoms with van der Waals surface area (Å²) in [6.07, 6.45) is 6.23. The highest BCUT2D eigenvalue weighted by Crippen LogP contribution is 2.24. The highest BCUT2D eigenvalue weighted by molar-refractivity contribution is 5.71. The average Bonchev–Trinajstić information content (AvgIpc) is 3.17. The van der Waals surface area contributed by atoms with Crippen molar-refractivity contribution in [2.45, 2.75) is 19.4 Å². The molecule has 0 radical (unpaired) electrons. The van der Waals surface area contributed by atoms with Gasteiger partial charge in [0.2, 0.25) is 5.95 Å². The molecular weight excluding hydrogens is 324 g/mol. The van der Waals surface area contributed by atoms with Gasteiger partial charge in [-0.05, 0) is 49.7 Å². The Kier molecular flexibility index (Phi) is 4.75. The second-order valence-corrected chi connectivity index (χ2v) is 6.52. The van der Waals surface area contributed by atoms with Crippen molar-refractivity contribution in [2.24, 2.45) is 0 Å². The largest absolute Gasteiger partial charge is 0.383 e. The van der Waals surface area contributed by atoms with Gasteiger partial charge in [0.05, 0.1) is 11.3 Å². The zero-order valence-electron chi connectivity index (χ0n) is 14.6. The van der Waals surface area contributed by atoms with Gasteiger partial charge in [-0.25, -0.2) is 4.98 Å². The Labute approximate surface area is 153 Å². The predicted molar refractivity (Wildman–Crippen MR) is 104 cm³/mol. The summed E-state index contributed by atoms with van der Waals surface area (Å²) in [6.45, 7) is 3.32. The minimum absolute atomic E-state index is 0.415. The molecule has 26 heavy (non-hydrogen) atoms. The van der Waals surface area contributed by atoms with E-state index in [4.69, 9.17) is 5.73 Å². The molecule has 3 aromatic rings. The Balaban J connectivity index is 1.48. The molecule has 1 aromatic carbocycles. The van der Waals surface area contributed by atoms with Gasteiger partial charge in [0.25, 0.3) is 0 Å². The summed E-state index contributed by atoms with van der Waals surface area (Å²) in [5, 5.41) is 3.14. The van der Waals surface area contributed by atoms with E-state index in [1.165, 1.54) is 31.5 Å². The number of nitrogen functional groups attached to an aromatic ring is 1. The molecule has 0 aliphatic carbocycles. The van der Waals surface area contributed by atoms with Crippen LogP contribution in [0.2, 0.25) is 0 Å². The highest BCUT2D eigenvalue weighted by atomic mass is 15.1. The summed E-state index contributed by atoms with van der Waals surface area (Å²) in [5.41, 5.74) is 9.82. The zero-order chi connectivity index (χ0) is 17.8. The molecule has 0 atom stereocenters. The molecule has 2 aromatic heterocycles. The molecule has 0 amide bonds. The summed E-state index contributed by atoms with van der Waals surface area (Å²) in [6, 6.07) is 13.9. The first-order valence-corrected chi connectivity index (χ1v) is 8.90. The van der Waals surface area contributed by atoms with E-state index in [0.29, 0.717) is 11.8 Å². The number of hydrogen-bond donors (Lipinski definition) is 2. The number of hydrogen-bond acceptors (Lipinski definition) is 6. The third-order valence-corrected chi connectivity index (χ3v) is 4.55. The first-order chi connectivity index (χ1) is 12.8. The fourth-order valence-corrected chi connectivity index (χ4v) is 3.18. The molecule has 1 saturated heterocycles. The molecule has 1 aliphatic heterocycles. The summed E-state index contributed by atoms with van der Waals surface area (Å²) in [4.78, 5) is 15.7. The van der Waals surface area contributed by atoms with Gasteiger partial charge in [0.15, 0.2) is 0 Å². The fourth-order valence-electron chi connectivity index (χ4n) is 3.18. The summed E-state index contributed by atoms with van der Waals surface area (Å²) < 4.78 is 0. The van der Waals surface area contributed by atoms with Crippen LogP contribution in [0.3, 0.4) is 0 Å². The molecule has 0 saturated carbocycles. The Morgan fingerprint density at radius 2 is 1.77 bits per heavy atom. The van der Waals surface area contributed by atoms with E-state index in [1.54, 1.807) is 6.20 Å². The maximum absolute atomic E-state index is 6.14. The smallest absolute Gasteiger partial charge is 0.229 e. The number of pyridine rings is 1. The monoisotopic (exact) mass is 346 g/mol. The second kappa shape index (κ2) is 7.49. The number of para-hydroxylation sites is 1. The van der Waals surface area contributed by atoms with E-state index in [9.17, 15) is 0 Å². The van der Waals surface area contributed by atoms with Crippen LogP contribution in [0.25, 0.3) is 11.3 Å². The second-order valence-electron chi connectivity index (χ2n) is 6.52. The van der Waals surface area contributed by atoms with Crippen molar-refractivity contribution in [3.63, 3.8) is 0 Å². The normalized spacial score (nSPS) is 14.5. The van der Waals surface area contributed by atoms with Crippen LogP contribution in [0.5, 0.6) is 0 Å². The van der Waals surface area contributed by atoms with Gasteiger partial charge in [0.1, 0.15) is 5.82 Å². The van der Waals surface area contributed by atoms with Crippen LogP contribution in [0.15, 0.2) is 54.9 Å². The lowest BCUT2D eigenvalue weighted by Gasteiger charge is -2.14. The van der Waals surface area contributed by atoms with Crippen molar-refractivity contribution < 1.29 is 0 Å². The molecule has 0 unspecified atom stereocenters. The number of benzene rings is 1. The molecule has 132 valence electrons. The quantitative estimate of drug-likeness (QED) is 0.736. The van der Waals surface area contributed by atoms with Crippen LogP contribution in [-0.4, -0.2) is 32.9 Å². The van der Waals surface area contributed by atoms with E-state index >= 15 is 0 Å². The van der Waals surface area contributed by atoms with Gasteiger partial charge in [-0.15, -0.1) is 0 Å². The fraction of sp³-hybridized carbons (Fsp3) is 0.250. The molecule has 0 bridgehead atoms. The van der Waals surface area contributed by atoms with E-state index < -0.39 is 0 Å². The minimum Gasteiger partial charge on any atom is -0.383 e. The van der Waals surface area contributed by atoms with E-state index in [0.717, 1.165) is 23.5 Å². The Hall–Kier alpha value is -2.99. The van der Waals surface area contributed by atoms with Crippen LogP contribution in [0, 0.1) is 0 Å². The summed E-state index contributed by atoms with van der Waals surface area (Å²) >= 11 is 0. The lowest BCUT2D eigenvalue weighted by Crippen LogP contribution is -2.18. The number of nitrogens with two attached hydrogens (primary N) is 1. The minimum atomic E-state index is 0.415. The third kappa shape index (κ3) is 3.81. The Bertz CT molecular complexity index is 857. The number of nitrogens with one attached hydrogen (secondary N) is 1. The van der Waals surface area contributed by atoms with E-state index in [1.807, 2.05) is 42.6 Å². The molecule has 1 fully saturated rings. The zero-order valence-corrected chi connectivity index (χ0v) is 14.6. The van der Waals surface area contributed by atoms with Gasteiger partial charge in [-0.2, -0.15) is 4.98 Å². The topological polar surface area (TPSA) is 80.0 Å². The van der Waals surface area contributed by atoms with Crippen molar-refractivity contribution in [2.75, 3.05) is 24.1 Å². The first kappa shape index (κ1) is 16.5. The van der Waals surface area contributed by atoms with Gasteiger partial charge in [-0.3, -0.25) is 9.88 Å². The molecular formula is C20H22N6. The highest BCUT2D eigenvalue weighted by Gasteiger charge is 2.13. The van der Waals surface area contributed by atoms with Crippen molar-refractivity contribution in [3.05, 3.63) is 60.4 Å². The van der Waals surface area contributed by atoms with Crippen molar-refractivity contribution in [1.82, 2.24) is 19.9 Å². The summed E-state index contributed by atoms with van der Waals surface area (Å²) in [7, 11) is 0. The lowest BCUT2D eigenvalue weighted by molar-refractivity contribution is 0.331. The maximum atomic E-state index is 6.14. The SMILES string of the molecule is Nc1nc(Nc2ccccc2)ncc1-c1ccc(CN2CCCC2)cn1. The number of rotatable bonds is 5. The van der Waals surface area contributed by atoms with Crippen LogP contribution in [0.4, 0.5) is 17.5 Å². The Morgan fingerprint density at radius 3 is 2.46 bits per heavy atom. The maximum Gasteiger partial charge on any atom is 0.229 e. The van der Waals surface area contributed by atoms with Crippen LogP contribution in [0.1, 0.15) is 18.4 Å². The number of likely N-dealkylation sites (tertiary alicyclic amines) is 1. The molecule has 1 aliphatic rings. The van der Waals surface area contributed by atoms with E-state index in [2.05, 4.69) is 31.2 Å². The van der Waals surface area contributed by atoms with Crippen molar-refractivity contribution in [3.8, 4) is 11.3 Å². The predicted octanol–water partition coefficient (Wildman–Crippen LogP) is 3.46. The lowest BCUT2D eigenvalue weighted by atomic mass is 10.1. The van der Waals surface area contributed by atoms with Crippen molar-refractivity contribution >= 4 is 17.5 Å². The number of aromatic nitrogens is 3. The molecule has 6 nitrogen and oxygen atoms in total.